The van der Waals surface area contributed by atoms with E-state index in [0.29, 0.717) is 30.8 Å². The molecule has 3 heterocycles. The molecule has 4 N–H and O–H groups in total. The Hall–Kier alpha value is -5.49. The summed E-state index contributed by atoms with van der Waals surface area (Å²) in [5, 5.41) is 16.1. The summed E-state index contributed by atoms with van der Waals surface area (Å²) in [6, 6.07) is 21.6. The predicted molar refractivity (Wildman–Crippen MR) is 196 cm³/mol. The van der Waals surface area contributed by atoms with Gasteiger partial charge in [0.05, 0.1) is 6.20 Å². The zero-order valence-electron chi connectivity index (χ0n) is 29.7. The van der Waals surface area contributed by atoms with E-state index in [4.69, 9.17) is 4.74 Å². The molecule has 3 aromatic carbocycles. The molecular weight excluding hydrogens is 658 g/mol. The molecule has 0 radical (unpaired) electrons. The van der Waals surface area contributed by atoms with E-state index in [1.807, 2.05) is 92.1 Å². The maximum Gasteiger partial charge on any atom is 0.243 e. The molecule has 12 nitrogen and oxygen atoms in total. The molecule has 2 aliphatic heterocycles. The number of hydrogen-bond donors (Lipinski definition) is 4. The SMILES string of the molecule is CN1CCC(C(=O)N[C@H]2Cc3cccc(c3)Oc3cccc(c3)C[C@@H](C(=O)NCc3cnn(C)c3)NC(=O)[C@H](CCc3ccccc3)NC2=O)CC1. The van der Waals surface area contributed by atoms with Gasteiger partial charge in [-0.3, -0.25) is 23.9 Å². The minimum absolute atomic E-state index is 0.177. The Labute approximate surface area is 304 Å². The van der Waals surface area contributed by atoms with Crippen molar-refractivity contribution in [2.45, 2.75) is 63.2 Å². The van der Waals surface area contributed by atoms with Gasteiger partial charge in [-0.25, -0.2) is 0 Å². The topological polar surface area (TPSA) is 147 Å². The Kier molecular flexibility index (Phi) is 12.0. The lowest BCUT2D eigenvalue weighted by Gasteiger charge is -2.30. The number of nitrogens with zero attached hydrogens (tertiary/aromatic N) is 3. The summed E-state index contributed by atoms with van der Waals surface area (Å²) >= 11 is 0. The first kappa shape index (κ1) is 36.3. The standard InChI is InChI=1S/C40H47N7O5/c1-46-18-16-31(17-19-46)37(48)44-36-23-29-11-7-13-33(21-29)52-32-12-6-10-28(20-32)22-35(38(49)41-24-30-25-42-47(2)26-30)45-39(50)34(43-40(36)51)15-14-27-8-4-3-5-9-27/h3-13,20-21,25-26,31,34-36H,14-19,22-24H2,1-2H3,(H,41,49)(H,43,51)(H,44,48)(H,45,50)/t34-,35-,36-/m0/s1. The monoisotopic (exact) mass is 705 g/mol. The second-order valence-electron chi connectivity index (χ2n) is 13.8. The molecule has 6 rings (SSSR count). The van der Waals surface area contributed by atoms with Gasteiger partial charge in [0.15, 0.2) is 0 Å². The van der Waals surface area contributed by atoms with Crippen LogP contribution in [0.1, 0.15) is 41.5 Å². The van der Waals surface area contributed by atoms with E-state index >= 15 is 0 Å². The van der Waals surface area contributed by atoms with Crippen LogP contribution in [-0.4, -0.2) is 76.6 Å². The number of benzene rings is 3. The van der Waals surface area contributed by atoms with Crippen molar-refractivity contribution in [1.29, 1.82) is 0 Å². The zero-order valence-corrected chi connectivity index (χ0v) is 29.7. The molecule has 12 heteroatoms. The van der Waals surface area contributed by atoms with Crippen LogP contribution in [0.4, 0.5) is 0 Å². The molecule has 0 aliphatic carbocycles. The molecule has 1 aromatic heterocycles. The van der Waals surface area contributed by atoms with Crippen molar-refractivity contribution in [2.24, 2.45) is 13.0 Å². The van der Waals surface area contributed by atoms with Gasteiger partial charge in [-0.15, -0.1) is 0 Å². The Morgan fingerprint density at radius 2 is 1.52 bits per heavy atom. The summed E-state index contributed by atoms with van der Waals surface area (Å²) in [6.07, 6.45) is 6.03. The summed E-state index contributed by atoms with van der Waals surface area (Å²) in [5.41, 5.74) is 3.39. The summed E-state index contributed by atoms with van der Waals surface area (Å²) in [4.78, 5) is 57.9. The number of amides is 4. The fourth-order valence-electron chi connectivity index (χ4n) is 6.70. The highest BCUT2D eigenvalue weighted by molar-refractivity contribution is 5.94. The highest BCUT2D eigenvalue weighted by Crippen LogP contribution is 2.25. The van der Waals surface area contributed by atoms with E-state index in [0.717, 1.165) is 35.3 Å². The summed E-state index contributed by atoms with van der Waals surface area (Å²) in [6.45, 7) is 1.83. The maximum atomic E-state index is 14.2. The number of fused-ring (bicyclic) bond motifs is 4. The molecular formula is C40H47N7O5. The van der Waals surface area contributed by atoms with Crippen molar-refractivity contribution in [2.75, 3.05) is 20.1 Å². The number of ether oxygens (including phenoxy) is 1. The molecule has 0 spiro atoms. The molecule has 4 aromatic rings. The van der Waals surface area contributed by atoms with Crippen LogP contribution in [0.2, 0.25) is 0 Å². The third kappa shape index (κ3) is 10.1. The third-order valence-corrected chi connectivity index (χ3v) is 9.69. The highest BCUT2D eigenvalue weighted by atomic mass is 16.5. The van der Waals surface area contributed by atoms with Gasteiger partial charge >= 0.3 is 0 Å². The number of hydrogen-bond acceptors (Lipinski definition) is 7. The van der Waals surface area contributed by atoms with Crippen LogP contribution >= 0.6 is 0 Å². The van der Waals surface area contributed by atoms with Gasteiger partial charge in [0.25, 0.3) is 0 Å². The van der Waals surface area contributed by atoms with E-state index in [2.05, 4.69) is 31.3 Å². The van der Waals surface area contributed by atoms with Crippen LogP contribution in [0.15, 0.2) is 91.3 Å². The Bertz CT molecular complexity index is 1850. The van der Waals surface area contributed by atoms with Crippen molar-refractivity contribution in [3.8, 4) is 11.5 Å². The Balaban J connectivity index is 1.31. The quantitative estimate of drug-likeness (QED) is 0.221. The van der Waals surface area contributed by atoms with Crippen LogP contribution in [0.3, 0.4) is 0 Å². The number of rotatable bonds is 8. The first-order valence-corrected chi connectivity index (χ1v) is 17.9. The predicted octanol–water partition coefficient (Wildman–Crippen LogP) is 3.06. The Morgan fingerprint density at radius 1 is 0.827 bits per heavy atom. The van der Waals surface area contributed by atoms with E-state index in [1.54, 1.807) is 17.9 Å². The zero-order chi connectivity index (χ0) is 36.5. The molecule has 0 saturated carbocycles. The van der Waals surface area contributed by atoms with Gasteiger partial charge in [0, 0.05) is 44.1 Å². The second-order valence-corrected chi connectivity index (χ2v) is 13.8. The molecule has 4 bridgehead atoms. The van der Waals surface area contributed by atoms with Crippen LogP contribution in [0.25, 0.3) is 0 Å². The molecule has 52 heavy (non-hydrogen) atoms. The number of carbonyl (C=O) groups excluding carboxylic acids is 4. The van der Waals surface area contributed by atoms with E-state index in [-0.39, 0.29) is 43.5 Å². The number of carbonyl (C=O) groups is 4. The number of likely N-dealkylation sites (tertiary alicyclic amines) is 1. The van der Waals surface area contributed by atoms with Crippen LogP contribution < -0.4 is 26.0 Å². The van der Waals surface area contributed by atoms with E-state index in [1.165, 1.54) is 0 Å². The molecule has 4 amide bonds. The first-order valence-electron chi connectivity index (χ1n) is 17.9. The van der Waals surface area contributed by atoms with Gasteiger partial charge in [0.2, 0.25) is 23.6 Å². The third-order valence-electron chi connectivity index (χ3n) is 9.69. The van der Waals surface area contributed by atoms with E-state index < -0.39 is 29.9 Å². The van der Waals surface area contributed by atoms with Gasteiger partial charge in [-0.05, 0) is 86.8 Å². The first-order chi connectivity index (χ1) is 25.2. The number of aryl methyl sites for hydroxylation is 2. The fourth-order valence-corrected chi connectivity index (χ4v) is 6.70. The van der Waals surface area contributed by atoms with Crippen molar-refractivity contribution in [3.05, 3.63) is 114 Å². The molecule has 3 atom stereocenters. The average Bonchev–Trinajstić information content (AvgIpc) is 3.57. The number of nitrogens with one attached hydrogen (secondary N) is 4. The minimum atomic E-state index is -0.988. The normalized spacial score (nSPS) is 20.2. The van der Waals surface area contributed by atoms with Gasteiger partial charge in [0.1, 0.15) is 29.6 Å². The Morgan fingerprint density at radius 3 is 2.19 bits per heavy atom. The molecule has 272 valence electrons. The molecule has 1 fully saturated rings. The number of aromatic nitrogens is 2. The van der Waals surface area contributed by atoms with Gasteiger partial charge < -0.3 is 30.9 Å². The lowest BCUT2D eigenvalue weighted by Crippen LogP contribution is -2.58. The minimum Gasteiger partial charge on any atom is -0.457 e. The van der Waals surface area contributed by atoms with Crippen molar-refractivity contribution < 1.29 is 23.9 Å². The van der Waals surface area contributed by atoms with Crippen molar-refractivity contribution in [3.63, 3.8) is 0 Å². The average molecular weight is 706 g/mol. The van der Waals surface area contributed by atoms with Gasteiger partial charge in [-0.1, -0.05) is 54.6 Å². The lowest BCUT2D eigenvalue weighted by atomic mass is 9.95. The van der Waals surface area contributed by atoms with Gasteiger partial charge in [-0.2, -0.15) is 5.10 Å². The molecule has 0 unspecified atom stereocenters. The molecule has 1 saturated heterocycles. The fraction of sp³-hybridized carbons (Fsp3) is 0.375. The van der Waals surface area contributed by atoms with E-state index in [9.17, 15) is 19.2 Å². The van der Waals surface area contributed by atoms with Crippen LogP contribution in [0.5, 0.6) is 11.5 Å². The van der Waals surface area contributed by atoms with Crippen molar-refractivity contribution in [1.82, 2.24) is 35.9 Å². The summed E-state index contributed by atoms with van der Waals surface area (Å²) in [7, 11) is 3.83. The van der Waals surface area contributed by atoms with Crippen LogP contribution in [-0.2, 0) is 52.0 Å². The smallest absolute Gasteiger partial charge is 0.243 e. The second kappa shape index (κ2) is 17.1. The van der Waals surface area contributed by atoms with Crippen LogP contribution in [0, 0.1) is 5.92 Å². The largest absolute Gasteiger partial charge is 0.457 e. The maximum absolute atomic E-state index is 14.2. The number of piperidine rings is 1. The summed E-state index contributed by atoms with van der Waals surface area (Å²) in [5.74, 6) is -0.607. The molecule has 2 aliphatic rings. The highest BCUT2D eigenvalue weighted by Gasteiger charge is 2.32. The lowest BCUT2D eigenvalue weighted by molar-refractivity contribution is -0.134. The van der Waals surface area contributed by atoms with Crippen molar-refractivity contribution >= 4 is 23.6 Å². The summed E-state index contributed by atoms with van der Waals surface area (Å²) < 4.78 is 7.89.